The van der Waals surface area contributed by atoms with Gasteiger partial charge in [0.1, 0.15) is 0 Å². The van der Waals surface area contributed by atoms with Crippen LogP contribution in [0.15, 0.2) is 35.9 Å². The monoisotopic (exact) mass is 273 g/mol. The first-order valence-electron chi connectivity index (χ1n) is 6.74. The van der Waals surface area contributed by atoms with Crippen molar-refractivity contribution in [3.8, 4) is 0 Å². The highest BCUT2D eigenvalue weighted by atomic mass is 16.6. The van der Waals surface area contributed by atoms with E-state index in [-0.39, 0.29) is 22.8 Å². The Labute approximate surface area is 118 Å². The van der Waals surface area contributed by atoms with Gasteiger partial charge in [-0.25, -0.2) is 0 Å². The maximum absolute atomic E-state index is 12.2. The van der Waals surface area contributed by atoms with Gasteiger partial charge in [0.2, 0.25) is 0 Å². The van der Waals surface area contributed by atoms with Crippen molar-refractivity contribution in [3.63, 3.8) is 0 Å². The SMILES string of the molecule is CC1=CC(=O)[C@@H](Cc2ccc([N+](=O)[O-])cc2)C(C)(C)C1. The smallest absolute Gasteiger partial charge is 0.269 e. The molecule has 0 bridgehead atoms. The first kappa shape index (κ1) is 14.4. The molecule has 20 heavy (non-hydrogen) atoms. The Morgan fingerprint density at radius 3 is 2.40 bits per heavy atom. The maximum Gasteiger partial charge on any atom is 0.269 e. The summed E-state index contributed by atoms with van der Waals surface area (Å²) in [5.74, 6) is 0.102. The van der Waals surface area contributed by atoms with E-state index < -0.39 is 4.92 Å². The van der Waals surface area contributed by atoms with Crippen LogP contribution in [-0.2, 0) is 11.2 Å². The van der Waals surface area contributed by atoms with Crippen molar-refractivity contribution in [2.75, 3.05) is 0 Å². The molecular formula is C16H19NO3. The fourth-order valence-electron chi connectivity index (χ4n) is 2.99. The molecule has 0 amide bonds. The van der Waals surface area contributed by atoms with Crippen LogP contribution < -0.4 is 0 Å². The standard InChI is InChI=1S/C16H19NO3/c1-11-8-15(18)14(16(2,3)10-11)9-12-4-6-13(7-5-12)17(19)20/h4-8,14H,9-10H2,1-3H3/t14-/m1/s1. The molecule has 0 N–H and O–H groups in total. The molecule has 4 heteroatoms. The molecule has 0 heterocycles. The van der Waals surface area contributed by atoms with Gasteiger partial charge in [-0.2, -0.15) is 0 Å². The third-order valence-corrected chi connectivity index (χ3v) is 4.00. The van der Waals surface area contributed by atoms with Crippen LogP contribution in [0.2, 0.25) is 0 Å². The lowest BCUT2D eigenvalue weighted by molar-refractivity contribution is -0.384. The van der Waals surface area contributed by atoms with Gasteiger partial charge in [0.15, 0.2) is 5.78 Å². The van der Waals surface area contributed by atoms with E-state index >= 15 is 0 Å². The van der Waals surface area contributed by atoms with Gasteiger partial charge in [-0.1, -0.05) is 31.6 Å². The number of nitrogens with zero attached hydrogens (tertiary/aromatic N) is 1. The topological polar surface area (TPSA) is 60.2 Å². The molecule has 1 aliphatic carbocycles. The van der Waals surface area contributed by atoms with Crippen molar-refractivity contribution in [2.45, 2.75) is 33.6 Å². The largest absolute Gasteiger partial charge is 0.295 e. The summed E-state index contributed by atoms with van der Waals surface area (Å²) in [4.78, 5) is 22.4. The summed E-state index contributed by atoms with van der Waals surface area (Å²) in [6.07, 6.45) is 3.28. The molecule has 0 spiro atoms. The van der Waals surface area contributed by atoms with Gasteiger partial charge in [-0.3, -0.25) is 14.9 Å². The number of nitro groups is 1. The minimum atomic E-state index is -0.411. The minimum Gasteiger partial charge on any atom is -0.295 e. The molecule has 0 aliphatic heterocycles. The van der Waals surface area contributed by atoms with E-state index in [0.29, 0.717) is 6.42 Å². The van der Waals surface area contributed by atoms with Crippen molar-refractivity contribution in [1.29, 1.82) is 0 Å². The Kier molecular flexibility index (Phi) is 3.75. The Bertz CT molecular complexity index is 570. The van der Waals surface area contributed by atoms with Crippen molar-refractivity contribution >= 4 is 11.5 Å². The summed E-state index contributed by atoms with van der Waals surface area (Å²) in [7, 11) is 0. The van der Waals surface area contributed by atoms with Crippen LogP contribution in [0.1, 0.15) is 32.8 Å². The van der Waals surface area contributed by atoms with Crippen molar-refractivity contribution < 1.29 is 9.72 Å². The van der Waals surface area contributed by atoms with Gasteiger partial charge in [-0.05, 0) is 36.8 Å². The lowest BCUT2D eigenvalue weighted by Gasteiger charge is -2.36. The van der Waals surface area contributed by atoms with Crippen LogP contribution in [0.4, 0.5) is 5.69 Å². The van der Waals surface area contributed by atoms with E-state index in [0.717, 1.165) is 17.6 Å². The highest BCUT2D eigenvalue weighted by molar-refractivity contribution is 5.94. The number of carbonyl (C=O) groups excluding carboxylic acids is 1. The van der Waals surface area contributed by atoms with Crippen LogP contribution >= 0.6 is 0 Å². The van der Waals surface area contributed by atoms with Crippen molar-refractivity contribution in [2.24, 2.45) is 11.3 Å². The first-order chi connectivity index (χ1) is 9.29. The zero-order valence-electron chi connectivity index (χ0n) is 12.1. The second kappa shape index (κ2) is 5.19. The van der Waals surface area contributed by atoms with Crippen LogP contribution in [0.25, 0.3) is 0 Å². The second-order valence-electron chi connectivity index (χ2n) is 6.24. The number of allylic oxidation sites excluding steroid dienone is 2. The number of ketones is 1. The second-order valence-corrected chi connectivity index (χ2v) is 6.24. The molecular weight excluding hydrogens is 254 g/mol. The zero-order valence-corrected chi connectivity index (χ0v) is 12.1. The number of rotatable bonds is 3. The molecule has 106 valence electrons. The molecule has 0 aromatic heterocycles. The molecule has 4 nitrogen and oxygen atoms in total. The highest BCUT2D eigenvalue weighted by Gasteiger charge is 2.37. The summed E-state index contributed by atoms with van der Waals surface area (Å²) in [5.41, 5.74) is 2.10. The number of carbonyl (C=O) groups is 1. The number of nitro benzene ring substituents is 1. The van der Waals surface area contributed by atoms with Gasteiger partial charge in [0.25, 0.3) is 5.69 Å². The van der Waals surface area contributed by atoms with Crippen LogP contribution in [0, 0.1) is 21.4 Å². The average molecular weight is 273 g/mol. The summed E-state index contributed by atoms with van der Waals surface area (Å²) >= 11 is 0. The molecule has 1 aliphatic rings. The quantitative estimate of drug-likeness (QED) is 0.623. The molecule has 1 atom stereocenters. The first-order valence-corrected chi connectivity index (χ1v) is 6.74. The fourth-order valence-corrected chi connectivity index (χ4v) is 2.99. The Balaban J connectivity index is 2.20. The van der Waals surface area contributed by atoms with Crippen LogP contribution in [-0.4, -0.2) is 10.7 Å². The Morgan fingerprint density at radius 1 is 1.30 bits per heavy atom. The van der Waals surface area contributed by atoms with Gasteiger partial charge in [-0.15, -0.1) is 0 Å². The summed E-state index contributed by atoms with van der Waals surface area (Å²) in [5, 5.41) is 10.6. The van der Waals surface area contributed by atoms with Crippen molar-refractivity contribution in [1.82, 2.24) is 0 Å². The fraction of sp³-hybridized carbons (Fsp3) is 0.438. The molecule has 0 unspecified atom stereocenters. The Hall–Kier alpha value is -1.97. The molecule has 0 fully saturated rings. The summed E-state index contributed by atoms with van der Waals surface area (Å²) in [6.45, 7) is 6.21. The zero-order chi connectivity index (χ0) is 14.9. The van der Waals surface area contributed by atoms with Crippen LogP contribution in [0.5, 0.6) is 0 Å². The van der Waals surface area contributed by atoms with E-state index in [4.69, 9.17) is 0 Å². The number of hydrogen-bond acceptors (Lipinski definition) is 3. The number of non-ortho nitro benzene ring substituents is 1. The molecule has 1 aromatic rings. The molecule has 1 aromatic carbocycles. The normalized spacial score (nSPS) is 21.4. The van der Waals surface area contributed by atoms with E-state index in [1.807, 2.05) is 6.92 Å². The molecule has 0 saturated heterocycles. The summed E-state index contributed by atoms with van der Waals surface area (Å²) < 4.78 is 0. The summed E-state index contributed by atoms with van der Waals surface area (Å²) in [6, 6.07) is 6.48. The van der Waals surface area contributed by atoms with Gasteiger partial charge in [0.05, 0.1) is 4.92 Å². The molecule has 0 radical (unpaired) electrons. The highest BCUT2D eigenvalue weighted by Crippen LogP contribution is 2.40. The Morgan fingerprint density at radius 2 is 1.90 bits per heavy atom. The maximum atomic E-state index is 12.2. The third kappa shape index (κ3) is 2.95. The number of benzene rings is 1. The van der Waals surface area contributed by atoms with E-state index in [1.165, 1.54) is 12.1 Å². The van der Waals surface area contributed by atoms with Gasteiger partial charge in [0, 0.05) is 18.1 Å². The lowest BCUT2D eigenvalue weighted by Crippen LogP contribution is -2.35. The number of hydrogen-bond donors (Lipinski definition) is 0. The molecule has 0 saturated carbocycles. The van der Waals surface area contributed by atoms with E-state index in [2.05, 4.69) is 13.8 Å². The predicted octanol–water partition coefficient (Wildman–Crippen LogP) is 3.70. The van der Waals surface area contributed by atoms with Crippen LogP contribution in [0.3, 0.4) is 0 Å². The van der Waals surface area contributed by atoms with Gasteiger partial charge >= 0.3 is 0 Å². The van der Waals surface area contributed by atoms with E-state index in [1.54, 1.807) is 18.2 Å². The van der Waals surface area contributed by atoms with Crippen molar-refractivity contribution in [3.05, 3.63) is 51.6 Å². The minimum absolute atomic E-state index is 0.0624. The van der Waals surface area contributed by atoms with Gasteiger partial charge < -0.3 is 0 Å². The van der Waals surface area contributed by atoms with E-state index in [9.17, 15) is 14.9 Å². The predicted molar refractivity (Wildman–Crippen MR) is 77.5 cm³/mol. The average Bonchev–Trinajstić information content (AvgIpc) is 2.33. The molecule has 2 rings (SSSR count). The lowest BCUT2D eigenvalue weighted by atomic mass is 9.67. The third-order valence-electron chi connectivity index (χ3n) is 4.00.